The van der Waals surface area contributed by atoms with Crippen LogP contribution < -0.4 is 20.9 Å². The maximum Gasteiger partial charge on any atom is 0.253 e. The molecule has 0 spiro atoms. The molecule has 1 aliphatic heterocycles. The number of anilines is 1. The Morgan fingerprint density at radius 2 is 1.80 bits per heavy atom. The van der Waals surface area contributed by atoms with Gasteiger partial charge in [0.1, 0.15) is 11.9 Å². The molecule has 0 atom stereocenters. The minimum Gasteiger partial charge on any atom is -0.490 e. The van der Waals surface area contributed by atoms with Crippen molar-refractivity contribution in [1.82, 2.24) is 15.2 Å². The molecule has 7 nitrogen and oxygen atoms in total. The lowest BCUT2D eigenvalue weighted by Crippen LogP contribution is -2.35. The molecule has 1 aromatic carbocycles. The summed E-state index contributed by atoms with van der Waals surface area (Å²) in [6.45, 7) is 8.87. The Bertz CT molecular complexity index is 1100. The number of hydrogen-bond donors (Lipinski definition) is 3. The molecule has 0 bridgehead atoms. The molecule has 190 valence electrons. The fraction of sp³-hybridized carbons (Fsp3) is 0.571. The predicted octanol–water partition coefficient (Wildman–Crippen LogP) is 4.31. The van der Waals surface area contributed by atoms with E-state index in [1.165, 1.54) is 25.7 Å². The molecule has 3 N–H and O–H groups in total. The molecule has 1 saturated carbocycles. The van der Waals surface area contributed by atoms with Gasteiger partial charge in [0.15, 0.2) is 0 Å². The Labute approximate surface area is 208 Å². The SMILES string of the molecule is Cc1cc(C)c(CNC(=O)c2cc(OC3CCN(C)CC3)cc(NCC3CCCC3)c2C)c(=O)[nH]1. The van der Waals surface area contributed by atoms with E-state index in [1.54, 1.807) is 0 Å². The molecule has 2 aromatic rings. The van der Waals surface area contributed by atoms with Crippen molar-refractivity contribution in [3.63, 3.8) is 0 Å². The second-order valence-corrected chi connectivity index (χ2v) is 10.4. The van der Waals surface area contributed by atoms with Gasteiger partial charge in [0.25, 0.3) is 11.5 Å². The molecule has 1 aromatic heterocycles. The first-order valence-electron chi connectivity index (χ1n) is 13.0. The van der Waals surface area contributed by atoms with Crippen LogP contribution in [0.4, 0.5) is 5.69 Å². The van der Waals surface area contributed by atoms with Crippen molar-refractivity contribution >= 4 is 11.6 Å². The zero-order valence-electron chi connectivity index (χ0n) is 21.6. The lowest BCUT2D eigenvalue weighted by molar-refractivity contribution is 0.0947. The molecule has 0 radical (unpaired) electrons. The van der Waals surface area contributed by atoms with E-state index in [0.29, 0.717) is 17.0 Å². The number of hydrogen-bond acceptors (Lipinski definition) is 5. The predicted molar refractivity (Wildman–Crippen MR) is 140 cm³/mol. The van der Waals surface area contributed by atoms with E-state index in [4.69, 9.17) is 4.74 Å². The van der Waals surface area contributed by atoms with Crippen LogP contribution in [-0.4, -0.2) is 48.6 Å². The molecular weight excluding hydrogens is 440 g/mol. The molecule has 0 unspecified atom stereocenters. The molecule has 7 heteroatoms. The number of carbonyl (C=O) groups is 1. The number of pyridine rings is 1. The molecular formula is C28H40N4O3. The summed E-state index contributed by atoms with van der Waals surface area (Å²) in [4.78, 5) is 30.9. The van der Waals surface area contributed by atoms with Gasteiger partial charge in [-0.3, -0.25) is 9.59 Å². The number of aryl methyl sites for hydroxylation is 2. The fourth-order valence-corrected chi connectivity index (χ4v) is 5.30. The van der Waals surface area contributed by atoms with Crippen molar-refractivity contribution in [2.45, 2.75) is 71.9 Å². The lowest BCUT2D eigenvalue weighted by Gasteiger charge is -2.29. The number of likely N-dealkylation sites (tertiary alicyclic amines) is 1. The number of aromatic amines is 1. The van der Waals surface area contributed by atoms with E-state index in [2.05, 4.69) is 27.6 Å². The number of piperidine rings is 1. The van der Waals surface area contributed by atoms with Crippen LogP contribution in [0.15, 0.2) is 23.0 Å². The van der Waals surface area contributed by atoms with Gasteiger partial charge >= 0.3 is 0 Å². The average Bonchev–Trinajstić information content (AvgIpc) is 3.33. The molecule has 4 rings (SSSR count). The summed E-state index contributed by atoms with van der Waals surface area (Å²) >= 11 is 0. The molecule has 2 fully saturated rings. The summed E-state index contributed by atoms with van der Waals surface area (Å²) in [6, 6.07) is 5.83. The van der Waals surface area contributed by atoms with E-state index in [0.717, 1.165) is 60.7 Å². The minimum absolute atomic E-state index is 0.154. The second-order valence-electron chi connectivity index (χ2n) is 10.4. The van der Waals surface area contributed by atoms with Crippen LogP contribution in [0.1, 0.15) is 71.3 Å². The molecule has 2 heterocycles. The van der Waals surface area contributed by atoms with E-state index < -0.39 is 0 Å². The minimum atomic E-state index is -0.195. The van der Waals surface area contributed by atoms with Crippen molar-refractivity contribution < 1.29 is 9.53 Å². The van der Waals surface area contributed by atoms with E-state index >= 15 is 0 Å². The third-order valence-corrected chi connectivity index (χ3v) is 7.57. The van der Waals surface area contributed by atoms with Crippen molar-refractivity contribution in [1.29, 1.82) is 0 Å². The number of aromatic nitrogens is 1. The number of nitrogens with one attached hydrogen (secondary N) is 3. The first kappa shape index (κ1) is 25.3. The average molecular weight is 481 g/mol. The van der Waals surface area contributed by atoms with E-state index in [9.17, 15) is 9.59 Å². The van der Waals surface area contributed by atoms with Gasteiger partial charge in [0, 0.05) is 54.8 Å². The molecule has 2 aliphatic rings. The number of benzene rings is 1. The maximum atomic E-state index is 13.3. The smallest absolute Gasteiger partial charge is 0.253 e. The van der Waals surface area contributed by atoms with Crippen LogP contribution in [0.3, 0.4) is 0 Å². The summed E-state index contributed by atoms with van der Waals surface area (Å²) < 4.78 is 6.37. The Morgan fingerprint density at radius 1 is 1.09 bits per heavy atom. The van der Waals surface area contributed by atoms with Crippen molar-refractivity contribution in [3.8, 4) is 5.75 Å². The number of nitrogens with zero attached hydrogens (tertiary/aromatic N) is 1. The monoisotopic (exact) mass is 480 g/mol. The highest BCUT2D eigenvalue weighted by molar-refractivity contribution is 5.97. The van der Waals surface area contributed by atoms with Gasteiger partial charge < -0.3 is 25.3 Å². The zero-order chi connectivity index (χ0) is 24.9. The summed E-state index contributed by atoms with van der Waals surface area (Å²) in [5.74, 6) is 1.22. The quantitative estimate of drug-likeness (QED) is 0.524. The van der Waals surface area contributed by atoms with Gasteiger partial charge in [-0.15, -0.1) is 0 Å². The third kappa shape index (κ3) is 6.45. The number of carbonyl (C=O) groups excluding carboxylic acids is 1. The molecule has 1 saturated heterocycles. The van der Waals surface area contributed by atoms with E-state index in [-0.39, 0.29) is 24.1 Å². The summed E-state index contributed by atoms with van der Waals surface area (Å²) in [6.07, 6.45) is 7.23. The Kier molecular flexibility index (Phi) is 8.16. The van der Waals surface area contributed by atoms with E-state index in [1.807, 2.05) is 39.0 Å². The van der Waals surface area contributed by atoms with Gasteiger partial charge in [-0.1, -0.05) is 12.8 Å². The first-order valence-corrected chi connectivity index (χ1v) is 13.0. The third-order valence-electron chi connectivity index (χ3n) is 7.57. The summed E-state index contributed by atoms with van der Waals surface area (Å²) in [5, 5.41) is 6.58. The van der Waals surface area contributed by atoms with Crippen LogP contribution in [0.2, 0.25) is 0 Å². The van der Waals surface area contributed by atoms with Crippen molar-refractivity contribution in [2.24, 2.45) is 5.92 Å². The molecule has 1 amide bonds. The van der Waals surface area contributed by atoms with Crippen LogP contribution in [0, 0.1) is 26.7 Å². The van der Waals surface area contributed by atoms with Gasteiger partial charge in [0.2, 0.25) is 0 Å². The van der Waals surface area contributed by atoms with Gasteiger partial charge in [-0.05, 0) is 82.7 Å². The number of rotatable bonds is 8. The largest absolute Gasteiger partial charge is 0.490 e. The van der Waals surface area contributed by atoms with Crippen molar-refractivity contribution in [3.05, 3.63) is 56.5 Å². The zero-order valence-corrected chi connectivity index (χ0v) is 21.6. The lowest BCUT2D eigenvalue weighted by atomic mass is 10.0. The van der Waals surface area contributed by atoms with Crippen LogP contribution in [0.25, 0.3) is 0 Å². The van der Waals surface area contributed by atoms with Gasteiger partial charge in [0.05, 0.1) is 0 Å². The normalized spacial score (nSPS) is 17.5. The van der Waals surface area contributed by atoms with Gasteiger partial charge in [-0.2, -0.15) is 0 Å². The highest BCUT2D eigenvalue weighted by Crippen LogP contribution is 2.31. The van der Waals surface area contributed by atoms with Crippen LogP contribution in [-0.2, 0) is 6.54 Å². The first-order chi connectivity index (χ1) is 16.8. The number of ether oxygens (including phenoxy) is 1. The Morgan fingerprint density at radius 3 is 2.49 bits per heavy atom. The standard InChI is InChI=1S/C28H40N4O3/c1-18-13-19(2)31-28(34)25(18)17-30-27(33)24-14-23(35-22-9-11-32(4)12-10-22)15-26(20(24)3)29-16-21-7-5-6-8-21/h13-15,21-22,29H,5-12,16-17H2,1-4H3,(H,30,33)(H,31,34). The number of amides is 1. The summed E-state index contributed by atoms with van der Waals surface area (Å²) in [5.41, 5.74) is 4.57. The number of H-pyrrole nitrogens is 1. The summed E-state index contributed by atoms with van der Waals surface area (Å²) in [7, 11) is 2.14. The van der Waals surface area contributed by atoms with Gasteiger partial charge in [-0.25, -0.2) is 0 Å². The van der Waals surface area contributed by atoms with Crippen LogP contribution in [0.5, 0.6) is 5.75 Å². The Balaban J connectivity index is 1.54. The maximum absolute atomic E-state index is 13.3. The van der Waals surface area contributed by atoms with Crippen molar-refractivity contribution in [2.75, 3.05) is 32.0 Å². The Hall–Kier alpha value is -2.80. The molecule has 1 aliphatic carbocycles. The highest BCUT2D eigenvalue weighted by Gasteiger charge is 2.22. The second kappa shape index (κ2) is 11.3. The van der Waals surface area contributed by atoms with Crippen LogP contribution >= 0.6 is 0 Å². The molecule has 35 heavy (non-hydrogen) atoms. The fourth-order valence-electron chi connectivity index (χ4n) is 5.30. The highest BCUT2D eigenvalue weighted by atomic mass is 16.5. The topological polar surface area (TPSA) is 86.5 Å².